The molecule has 0 aliphatic heterocycles. The molecule has 0 bridgehead atoms. The van der Waals surface area contributed by atoms with E-state index in [1.807, 2.05) is 0 Å². The summed E-state index contributed by atoms with van der Waals surface area (Å²) in [5, 5.41) is 0. The van der Waals surface area contributed by atoms with Crippen LogP contribution in [0.5, 0.6) is 0 Å². The summed E-state index contributed by atoms with van der Waals surface area (Å²) >= 11 is -1.10. The second-order valence-corrected chi connectivity index (χ2v) is 28.5. The molecule has 0 aromatic heterocycles. The zero-order valence-electron chi connectivity index (χ0n) is 3.23. The maximum absolute atomic E-state index is 6.38. The Morgan fingerprint density at radius 2 is 3.00 bits per heavy atom. The number of thiol groups is 1. The van der Waals surface area contributed by atoms with Gasteiger partial charge in [0.2, 0.25) is 0 Å². The fourth-order valence-electron chi connectivity index (χ4n) is 0. The molecule has 0 aromatic rings. The van der Waals surface area contributed by atoms with Crippen molar-refractivity contribution >= 4 is 47.6 Å². The van der Waals surface area contributed by atoms with Crippen molar-refractivity contribution in [3.05, 3.63) is 0 Å². The molecular weight excluding hydrogens is 331 g/mol. The van der Waals surface area contributed by atoms with E-state index in [-0.39, 0.29) is 17.1 Å². The summed E-state index contributed by atoms with van der Waals surface area (Å²) in [6.07, 6.45) is 0. The first-order valence-electron chi connectivity index (χ1n) is 1.15. The molecule has 5 heteroatoms. The van der Waals surface area contributed by atoms with Crippen LogP contribution in [0, 0.1) is 3.55 Å². The topological polar surface area (TPSA) is 23.9 Å². The summed E-state index contributed by atoms with van der Waals surface area (Å²) in [6.45, 7) is 2.63. The number of halogens is 2. The number of hydrogen-bond acceptors (Lipinski definition) is 2. The third-order valence-corrected chi connectivity index (χ3v) is 8.84. The third-order valence-electron chi connectivity index (χ3n) is 0.0655. The minimum atomic E-state index is -0.940. The summed E-state index contributed by atoms with van der Waals surface area (Å²) in [4.78, 5) is 0. The van der Waals surface area contributed by atoms with Crippen molar-refractivity contribution in [2.45, 2.75) is 0 Å². The predicted molar refractivity (Wildman–Crippen MR) is 49.5 cm³/mol. The van der Waals surface area contributed by atoms with Crippen molar-refractivity contribution in [3.8, 4) is 0 Å². The van der Waals surface area contributed by atoms with Crippen LogP contribution >= 0.6 is 47.6 Å². The standard InChI is InChI=1S/H4I2NPS/c3-1-2(4)5/h3,5H,4H2/i/hT. The monoisotopic (exact) mass is 337 g/mol. The SMILES string of the molecule is [3H]N=II(P)S. The van der Waals surface area contributed by atoms with Crippen molar-refractivity contribution in [2.75, 3.05) is 0 Å². The Morgan fingerprint density at radius 3 is 3.00 bits per heavy atom. The fraction of sp³-hybridized carbons (Fsp3) is 0. The van der Waals surface area contributed by atoms with Gasteiger partial charge in [-0.3, -0.25) is 0 Å². The molecule has 0 rings (SSSR count). The van der Waals surface area contributed by atoms with Crippen molar-refractivity contribution < 1.29 is 1.41 Å². The molecule has 0 fully saturated rings. The average Bonchev–Trinajstić information content (AvgIpc) is 1.35. The maximum atomic E-state index is 6.38. The Bertz CT molecular complexity index is 55.5. The molecule has 0 saturated carbocycles. The third kappa shape index (κ3) is 6.04. The molecule has 1 unspecified atom stereocenters. The van der Waals surface area contributed by atoms with Gasteiger partial charge in [-0.15, -0.1) is 0 Å². The molecule has 0 aliphatic rings. The van der Waals surface area contributed by atoms with Gasteiger partial charge in [0.1, 0.15) is 0 Å². The molecule has 0 spiro atoms. The summed E-state index contributed by atoms with van der Waals surface area (Å²) in [5.74, 6) is 0. The molecule has 0 saturated heterocycles. The van der Waals surface area contributed by atoms with Crippen LogP contribution in [0.25, 0.3) is 0 Å². The van der Waals surface area contributed by atoms with Gasteiger partial charge in [0.15, 0.2) is 0 Å². The number of hydrogen-bond donors (Lipinski definition) is 2. The van der Waals surface area contributed by atoms with Gasteiger partial charge in [-0.05, 0) is 0 Å². The zero-order valence-corrected chi connectivity index (χ0v) is 8.59. The van der Waals surface area contributed by atoms with Crippen LogP contribution in [0.15, 0.2) is 0 Å². The van der Waals surface area contributed by atoms with Gasteiger partial charge in [-0.25, -0.2) is 0 Å². The van der Waals surface area contributed by atoms with E-state index in [0.717, 1.165) is 0 Å². The van der Waals surface area contributed by atoms with E-state index in [1.54, 1.807) is 0 Å². The van der Waals surface area contributed by atoms with Crippen molar-refractivity contribution in [1.82, 2.24) is 0 Å². The molecule has 5 heavy (non-hydrogen) atoms. The molecule has 1 atom stereocenters. The molecule has 34 valence electrons. The van der Waals surface area contributed by atoms with Crippen molar-refractivity contribution in [2.24, 2.45) is 0 Å². The molecule has 1 nitrogen and oxygen atoms in total. The van der Waals surface area contributed by atoms with E-state index in [1.165, 1.54) is 0 Å². The summed E-state index contributed by atoms with van der Waals surface area (Å²) < 4.78 is 9.65. The second-order valence-electron chi connectivity index (χ2n) is 0.308. The van der Waals surface area contributed by atoms with E-state index < -0.39 is 13.9 Å². The normalized spacial score (nSPS) is 17.2. The van der Waals surface area contributed by atoms with E-state index in [4.69, 9.17) is 1.41 Å². The number of nitrogens with one attached hydrogen (secondary N) is 1. The molecule has 0 amide bonds. The molecule has 1 N–H and O–H groups in total. The number of rotatable bonds is 1. The van der Waals surface area contributed by atoms with Crippen LogP contribution in [0.2, 0.25) is 1.41 Å². The van der Waals surface area contributed by atoms with Crippen LogP contribution in [-0.2, 0) is 0 Å². The fourth-order valence-corrected chi connectivity index (χ4v) is 0. The van der Waals surface area contributed by atoms with Crippen LogP contribution < -0.4 is 0 Å². The Hall–Kier alpha value is 2.04. The molecule has 0 aromatic carbocycles. The molecule has 0 heterocycles. The van der Waals surface area contributed by atoms with E-state index in [0.29, 0.717) is 0 Å². The van der Waals surface area contributed by atoms with Gasteiger partial charge in [0, 0.05) is 0 Å². The van der Waals surface area contributed by atoms with Crippen LogP contribution in [0.4, 0.5) is 0 Å². The summed E-state index contributed by atoms with van der Waals surface area (Å²) in [5.41, 5.74) is 0. The first-order chi connectivity index (χ1) is 2.77. The van der Waals surface area contributed by atoms with Crippen molar-refractivity contribution in [3.63, 3.8) is 0 Å². The average molecular weight is 337 g/mol. The van der Waals surface area contributed by atoms with Gasteiger partial charge in [-0.2, -0.15) is 0 Å². The Labute approximate surface area is 51.9 Å². The molecule has 0 aliphatic carbocycles. The van der Waals surface area contributed by atoms with Gasteiger partial charge < -0.3 is 0 Å². The van der Waals surface area contributed by atoms with Crippen molar-refractivity contribution in [1.29, 1.82) is 3.55 Å². The van der Waals surface area contributed by atoms with Gasteiger partial charge in [0.25, 0.3) is 0 Å². The summed E-state index contributed by atoms with van der Waals surface area (Å²) in [7, 11) is 4.13. The second kappa shape index (κ2) is 4.21. The van der Waals surface area contributed by atoms with Crippen LogP contribution in [0.3, 0.4) is 0 Å². The Balaban J connectivity index is 3.03. The van der Waals surface area contributed by atoms with Gasteiger partial charge in [0.05, 0.1) is 0 Å². The first kappa shape index (κ1) is 5.18. The van der Waals surface area contributed by atoms with E-state index in [9.17, 15) is 0 Å². The van der Waals surface area contributed by atoms with Crippen LogP contribution in [0.1, 0.15) is 0 Å². The quantitative estimate of drug-likeness (QED) is 0.418. The van der Waals surface area contributed by atoms with E-state index in [2.05, 4.69) is 20.2 Å². The summed E-state index contributed by atoms with van der Waals surface area (Å²) in [6, 6.07) is 0. The minimum absolute atomic E-state index is 0.156. The predicted octanol–water partition coefficient (Wildman–Crippen LogP) is 2.78. The first-order valence-corrected chi connectivity index (χ1v) is 15.4. The Morgan fingerprint density at radius 1 is 2.40 bits per heavy atom. The van der Waals surface area contributed by atoms with Crippen LogP contribution in [-0.4, -0.2) is 0 Å². The Kier molecular flexibility index (Phi) is 4.36. The molecular formula is H4I2NPS. The van der Waals surface area contributed by atoms with Gasteiger partial charge >= 0.3 is 52.6 Å². The molecule has 0 radical (unpaired) electrons. The zero-order chi connectivity index (χ0) is 4.99. The van der Waals surface area contributed by atoms with Gasteiger partial charge in [-0.1, -0.05) is 0 Å². The van der Waals surface area contributed by atoms with E-state index >= 15 is 0 Å².